The molecule has 7 nitrogen and oxygen atoms in total. The molecule has 1 aromatic heterocycles. The average Bonchev–Trinajstić information content (AvgIpc) is 3.05. The number of sulfonamides is 1. The lowest BCUT2D eigenvalue weighted by molar-refractivity contribution is 0.203. The van der Waals surface area contributed by atoms with Crippen LogP contribution in [-0.2, 0) is 10.0 Å². The van der Waals surface area contributed by atoms with Crippen LogP contribution in [-0.4, -0.2) is 49.2 Å². The van der Waals surface area contributed by atoms with Crippen molar-refractivity contribution in [3.63, 3.8) is 0 Å². The fourth-order valence-electron chi connectivity index (χ4n) is 2.42. The minimum atomic E-state index is -3.66. The average molecular weight is 353 g/mol. The van der Waals surface area contributed by atoms with Crippen molar-refractivity contribution in [2.24, 2.45) is 0 Å². The molecule has 0 amide bonds. The lowest BCUT2D eigenvalue weighted by Gasteiger charge is -2.17. The Labute approximate surface area is 139 Å². The van der Waals surface area contributed by atoms with E-state index in [9.17, 15) is 12.8 Å². The molecule has 1 fully saturated rings. The Morgan fingerprint density at radius 1 is 1.12 bits per heavy atom. The van der Waals surface area contributed by atoms with Crippen LogP contribution in [0.5, 0.6) is 11.8 Å². The third-order valence-corrected chi connectivity index (χ3v) is 5.55. The van der Waals surface area contributed by atoms with Crippen LogP contribution in [0.4, 0.5) is 4.39 Å². The first-order chi connectivity index (χ1) is 11.5. The molecule has 1 atom stereocenters. The highest BCUT2D eigenvalue weighted by molar-refractivity contribution is 7.89. The number of nitrogens with zero attached hydrogens (tertiary/aromatic N) is 3. The summed E-state index contributed by atoms with van der Waals surface area (Å²) in [7, 11) is -2.17. The smallest absolute Gasteiger partial charge is 0.243 e. The number of ether oxygens (including phenoxy) is 2. The minimum Gasteiger partial charge on any atom is -0.480 e. The Hall–Kier alpha value is -2.26. The van der Waals surface area contributed by atoms with Crippen molar-refractivity contribution < 1.29 is 22.3 Å². The quantitative estimate of drug-likeness (QED) is 0.810. The number of methoxy groups -OCH3 is 1. The van der Waals surface area contributed by atoms with Gasteiger partial charge < -0.3 is 9.47 Å². The van der Waals surface area contributed by atoms with E-state index in [2.05, 4.69) is 10.2 Å². The predicted octanol–water partition coefficient (Wildman–Crippen LogP) is 1.47. The first kappa shape index (κ1) is 16.6. The molecular weight excluding hydrogens is 337 g/mol. The van der Waals surface area contributed by atoms with Gasteiger partial charge in [-0.15, -0.1) is 10.2 Å². The molecule has 0 unspecified atom stereocenters. The van der Waals surface area contributed by atoms with E-state index in [0.29, 0.717) is 24.7 Å². The molecule has 0 saturated carbocycles. The van der Waals surface area contributed by atoms with Gasteiger partial charge in [-0.1, -0.05) is 0 Å². The third kappa shape index (κ3) is 3.46. The van der Waals surface area contributed by atoms with E-state index in [1.807, 2.05) is 0 Å². The zero-order valence-electron chi connectivity index (χ0n) is 12.9. The number of halogens is 1. The Morgan fingerprint density at radius 2 is 1.79 bits per heavy atom. The topological polar surface area (TPSA) is 81.6 Å². The molecule has 128 valence electrons. The van der Waals surface area contributed by atoms with Crippen molar-refractivity contribution in [3.05, 3.63) is 42.2 Å². The van der Waals surface area contributed by atoms with Crippen LogP contribution in [0.3, 0.4) is 0 Å². The number of rotatable bonds is 5. The molecule has 2 aromatic rings. The summed E-state index contributed by atoms with van der Waals surface area (Å²) in [5.74, 6) is 0.200. The third-order valence-electron chi connectivity index (χ3n) is 3.67. The molecule has 0 spiro atoms. The number of benzene rings is 1. The zero-order chi connectivity index (χ0) is 17.2. The van der Waals surface area contributed by atoms with Gasteiger partial charge in [0.15, 0.2) is 0 Å². The SMILES string of the molecule is COc1ccc(O[C@H]2CCN(S(=O)(=O)c3ccc(F)cc3)C2)nn1. The molecule has 1 aromatic carbocycles. The van der Waals surface area contributed by atoms with Crippen LogP contribution in [0.25, 0.3) is 0 Å². The highest BCUT2D eigenvalue weighted by Gasteiger charge is 2.33. The summed E-state index contributed by atoms with van der Waals surface area (Å²) in [4.78, 5) is 0.0637. The van der Waals surface area contributed by atoms with Crippen LogP contribution >= 0.6 is 0 Å². The molecule has 0 bridgehead atoms. The van der Waals surface area contributed by atoms with Crippen molar-refractivity contribution in [1.29, 1.82) is 0 Å². The van der Waals surface area contributed by atoms with Gasteiger partial charge >= 0.3 is 0 Å². The summed E-state index contributed by atoms with van der Waals surface area (Å²) in [6.45, 7) is 0.529. The number of aromatic nitrogens is 2. The molecule has 0 radical (unpaired) electrons. The van der Waals surface area contributed by atoms with Gasteiger partial charge in [0.05, 0.1) is 18.6 Å². The highest BCUT2D eigenvalue weighted by atomic mass is 32.2. The van der Waals surface area contributed by atoms with Gasteiger partial charge in [0, 0.05) is 18.7 Å². The van der Waals surface area contributed by atoms with Gasteiger partial charge in [0.2, 0.25) is 21.8 Å². The van der Waals surface area contributed by atoms with Crippen LogP contribution in [0.2, 0.25) is 0 Å². The first-order valence-corrected chi connectivity index (χ1v) is 8.73. The van der Waals surface area contributed by atoms with Crippen molar-refractivity contribution in [2.75, 3.05) is 20.2 Å². The largest absolute Gasteiger partial charge is 0.480 e. The summed E-state index contributed by atoms with van der Waals surface area (Å²) >= 11 is 0. The van der Waals surface area contributed by atoms with E-state index in [1.54, 1.807) is 12.1 Å². The second kappa shape index (κ2) is 6.70. The standard InChI is InChI=1S/C15H16FN3O4S/c1-22-14-6-7-15(18-17-14)23-12-8-9-19(10-12)24(20,21)13-4-2-11(16)3-5-13/h2-7,12H,8-10H2,1H3/t12-/m0/s1. The molecule has 1 saturated heterocycles. The molecular formula is C15H16FN3O4S. The fraction of sp³-hybridized carbons (Fsp3) is 0.333. The predicted molar refractivity (Wildman–Crippen MR) is 82.8 cm³/mol. The maximum Gasteiger partial charge on any atom is 0.243 e. The van der Waals surface area contributed by atoms with E-state index in [-0.39, 0.29) is 17.5 Å². The Balaban J connectivity index is 1.66. The summed E-state index contributed by atoms with van der Waals surface area (Å²) in [5, 5.41) is 7.66. The maximum absolute atomic E-state index is 13.0. The molecule has 24 heavy (non-hydrogen) atoms. The molecule has 9 heteroatoms. The van der Waals surface area contributed by atoms with Crippen molar-refractivity contribution >= 4 is 10.0 Å². The van der Waals surface area contributed by atoms with Crippen molar-refractivity contribution in [3.8, 4) is 11.8 Å². The summed E-state index contributed by atoms with van der Waals surface area (Å²) < 4.78 is 49.9. The summed E-state index contributed by atoms with van der Waals surface area (Å²) in [5.41, 5.74) is 0. The van der Waals surface area contributed by atoms with Gasteiger partial charge in [-0.3, -0.25) is 0 Å². The number of hydrogen-bond donors (Lipinski definition) is 0. The minimum absolute atomic E-state index is 0.0637. The first-order valence-electron chi connectivity index (χ1n) is 7.29. The number of hydrogen-bond acceptors (Lipinski definition) is 6. The second-order valence-electron chi connectivity index (χ2n) is 5.26. The van der Waals surface area contributed by atoms with Crippen LogP contribution < -0.4 is 9.47 Å². The fourth-order valence-corrected chi connectivity index (χ4v) is 3.90. The maximum atomic E-state index is 13.0. The molecule has 1 aliphatic heterocycles. The molecule has 3 rings (SSSR count). The van der Waals surface area contributed by atoms with E-state index < -0.39 is 15.8 Å². The van der Waals surface area contributed by atoms with Gasteiger partial charge in [-0.2, -0.15) is 4.31 Å². The van der Waals surface area contributed by atoms with Crippen molar-refractivity contribution in [2.45, 2.75) is 17.4 Å². The monoisotopic (exact) mass is 353 g/mol. The molecule has 0 aliphatic carbocycles. The van der Waals surface area contributed by atoms with Gasteiger partial charge in [0.25, 0.3) is 0 Å². The molecule has 0 N–H and O–H groups in total. The van der Waals surface area contributed by atoms with Gasteiger partial charge in [-0.05, 0) is 30.7 Å². The molecule has 1 aliphatic rings. The normalized spacial score (nSPS) is 18.5. The lowest BCUT2D eigenvalue weighted by Crippen LogP contribution is -2.31. The lowest BCUT2D eigenvalue weighted by atomic mass is 10.3. The van der Waals surface area contributed by atoms with E-state index in [4.69, 9.17) is 9.47 Å². The van der Waals surface area contributed by atoms with Crippen LogP contribution in [0.1, 0.15) is 6.42 Å². The zero-order valence-corrected chi connectivity index (χ0v) is 13.7. The Morgan fingerprint density at radius 3 is 2.42 bits per heavy atom. The van der Waals surface area contributed by atoms with E-state index >= 15 is 0 Å². The summed E-state index contributed by atoms with van der Waals surface area (Å²) in [6, 6.07) is 8.00. The van der Waals surface area contributed by atoms with Gasteiger partial charge in [0.1, 0.15) is 11.9 Å². The second-order valence-corrected chi connectivity index (χ2v) is 7.20. The van der Waals surface area contributed by atoms with Crippen LogP contribution in [0, 0.1) is 5.82 Å². The van der Waals surface area contributed by atoms with Gasteiger partial charge in [-0.25, -0.2) is 12.8 Å². The Bertz CT molecular complexity index is 796. The van der Waals surface area contributed by atoms with E-state index in [0.717, 1.165) is 12.1 Å². The molecule has 2 heterocycles. The van der Waals surface area contributed by atoms with Crippen LogP contribution in [0.15, 0.2) is 41.3 Å². The van der Waals surface area contributed by atoms with E-state index in [1.165, 1.54) is 23.5 Å². The highest BCUT2D eigenvalue weighted by Crippen LogP contribution is 2.23. The Kier molecular flexibility index (Phi) is 4.63. The summed E-state index contributed by atoms with van der Waals surface area (Å²) in [6.07, 6.45) is 0.219. The van der Waals surface area contributed by atoms with Crippen molar-refractivity contribution in [1.82, 2.24) is 14.5 Å².